The molecule has 1 aromatic heterocycles. The maximum absolute atomic E-state index is 12.2. The maximum atomic E-state index is 12.2. The fourth-order valence-corrected chi connectivity index (χ4v) is 3.65. The molecule has 1 heterocycles. The van der Waals surface area contributed by atoms with Crippen LogP contribution < -0.4 is 10.0 Å². The van der Waals surface area contributed by atoms with Gasteiger partial charge in [-0.05, 0) is 45.7 Å². The van der Waals surface area contributed by atoms with E-state index in [-0.39, 0.29) is 5.54 Å². The molecular formula is C12H21N3O2S. The van der Waals surface area contributed by atoms with E-state index in [1.54, 1.807) is 6.07 Å². The van der Waals surface area contributed by atoms with Gasteiger partial charge in [-0.2, -0.15) is 0 Å². The molecule has 0 saturated heterocycles. The van der Waals surface area contributed by atoms with Gasteiger partial charge in [0.15, 0.2) is 0 Å². The lowest BCUT2D eigenvalue weighted by Crippen LogP contribution is -2.44. The van der Waals surface area contributed by atoms with Crippen molar-refractivity contribution in [3.8, 4) is 0 Å². The molecule has 1 aliphatic rings. The molecule has 2 rings (SSSR count). The molecule has 1 saturated carbocycles. The fourth-order valence-electron chi connectivity index (χ4n) is 2.16. The minimum Gasteiger partial charge on any atom is -0.363 e. The van der Waals surface area contributed by atoms with Crippen LogP contribution >= 0.6 is 0 Å². The maximum Gasteiger partial charge on any atom is 0.242 e. The zero-order valence-corrected chi connectivity index (χ0v) is 11.9. The SMILES string of the molecule is CNCc1cc(S(=O)(=O)NC(C)(C)C2CC2)c[nH]1. The van der Waals surface area contributed by atoms with Crippen molar-refractivity contribution >= 4 is 10.0 Å². The van der Waals surface area contributed by atoms with Gasteiger partial charge in [-0.15, -0.1) is 0 Å². The van der Waals surface area contributed by atoms with Crippen LogP contribution in [0, 0.1) is 5.92 Å². The summed E-state index contributed by atoms with van der Waals surface area (Å²) in [5.41, 5.74) is 0.501. The molecule has 0 aliphatic heterocycles. The average Bonchev–Trinajstić information content (AvgIpc) is 2.99. The first-order valence-electron chi connectivity index (χ1n) is 6.21. The van der Waals surface area contributed by atoms with Crippen LogP contribution in [-0.4, -0.2) is 26.0 Å². The molecule has 0 bridgehead atoms. The first-order chi connectivity index (χ1) is 8.35. The van der Waals surface area contributed by atoms with Gasteiger partial charge in [0.25, 0.3) is 0 Å². The average molecular weight is 271 g/mol. The third-order valence-electron chi connectivity index (χ3n) is 3.39. The minimum absolute atomic E-state index is 0.307. The summed E-state index contributed by atoms with van der Waals surface area (Å²) in [6.45, 7) is 4.52. The Morgan fingerprint density at radius 1 is 1.44 bits per heavy atom. The number of rotatable bonds is 6. The Morgan fingerprint density at radius 3 is 2.67 bits per heavy atom. The van der Waals surface area contributed by atoms with Crippen molar-refractivity contribution in [1.29, 1.82) is 0 Å². The predicted molar refractivity (Wildman–Crippen MR) is 70.7 cm³/mol. The molecule has 5 nitrogen and oxygen atoms in total. The van der Waals surface area contributed by atoms with Crippen molar-refractivity contribution in [2.75, 3.05) is 7.05 Å². The van der Waals surface area contributed by atoms with Crippen LogP contribution in [0.4, 0.5) is 0 Å². The summed E-state index contributed by atoms with van der Waals surface area (Å²) < 4.78 is 27.3. The van der Waals surface area contributed by atoms with Crippen LogP contribution in [-0.2, 0) is 16.6 Å². The monoisotopic (exact) mass is 271 g/mol. The molecule has 0 radical (unpaired) electrons. The highest BCUT2D eigenvalue weighted by molar-refractivity contribution is 7.89. The third kappa shape index (κ3) is 2.93. The fraction of sp³-hybridized carbons (Fsp3) is 0.667. The number of nitrogens with one attached hydrogen (secondary N) is 3. The number of hydrogen-bond donors (Lipinski definition) is 3. The highest BCUT2D eigenvalue weighted by atomic mass is 32.2. The van der Waals surface area contributed by atoms with E-state index in [0.29, 0.717) is 17.4 Å². The molecule has 0 unspecified atom stereocenters. The topological polar surface area (TPSA) is 74.0 Å². The predicted octanol–water partition coefficient (Wildman–Crippen LogP) is 1.20. The first kappa shape index (κ1) is 13.6. The van der Waals surface area contributed by atoms with Crippen molar-refractivity contribution in [3.05, 3.63) is 18.0 Å². The first-order valence-corrected chi connectivity index (χ1v) is 7.69. The Balaban J connectivity index is 2.14. The summed E-state index contributed by atoms with van der Waals surface area (Å²) >= 11 is 0. The summed E-state index contributed by atoms with van der Waals surface area (Å²) in [6.07, 6.45) is 3.75. The van der Waals surface area contributed by atoms with Crippen molar-refractivity contribution in [3.63, 3.8) is 0 Å². The normalized spacial score (nSPS) is 17.1. The zero-order chi connectivity index (χ0) is 13.4. The van der Waals surface area contributed by atoms with Crippen LogP contribution in [0.5, 0.6) is 0 Å². The molecule has 102 valence electrons. The molecule has 1 fully saturated rings. The van der Waals surface area contributed by atoms with Crippen LogP contribution in [0.3, 0.4) is 0 Å². The number of H-pyrrole nitrogens is 1. The zero-order valence-electron chi connectivity index (χ0n) is 11.1. The molecule has 0 atom stereocenters. The van der Waals surface area contributed by atoms with E-state index in [1.807, 2.05) is 20.9 Å². The number of aromatic amines is 1. The Bertz CT molecular complexity index is 515. The lowest BCUT2D eigenvalue weighted by Gasteiger charge is -2.25. The van der Waals surface area contributed by atoms with E-state index in [9.17, 15) is 8.42 Å². The molecule has 18 heavy (non-hydrogen) atoms. The van der Waals surface area contributed by atoms with Gasteiger partial charge >= 0.3 is 0 Å². The Labute approximate surface area is 108 Å². The highest BCUT2D eigenvalue weighted by Crippen LogP contribution is 2.39. The van der Waals surface area contributed by atoms with Gasteiger partial charge in [0.05, 0.1) is 4.90 Å². The number of hydrogen-bond acceptors (Lipinski definition) is 3. The Hall–Kier alpha value is -0.850. The Morgan fingerprint density at radius 2 is 2.11 bits per heavy atom. The van der Waals surface area contributed by atoms with Gasteiger partial charge in [-0.3, -0.25) is 0 Å². The lowest BCUT2D eigenvalue weighted by atomic mass is 10.0. The van der Waals surface area contributed by atoms with Crippen LogP contribution in [0.15, 0.2) is 17.2 Å². The highest BCUT2D eigenvalue weighted by Gasteiger charge is 2.40. The van der Waals surface area contributed by atoms with Crippen LogP contribution in [0.1, 0.15) is 32.4 Å². The summed E-state index contributed by atoms with van der Waals surface area (Å²) in [5.74, 6) is 0.461. The van der Waals surface area contributed by atoms with Gasteiger partial charge in [0.1, 0.15) is 0 Å². The van der Waals surface area contributed by atoms with Crippen molar-refractivity contribution in [1.82, 2.24) is 15.0 Å². The smallest absolute Gasteiger partial charge is 0.242 e. The van der Waals surface area contributed by atoms with Crippen molar-refractivity contribution in [2.45, 2.75) is 43.7 Å². The molecule has 0 spiro atoms. The molecular weight excluding hydrogens is 250 g/mol. The van der Waals surface area contributed by atoms with Gasteiger partial charge < -0.3 is 10.3 Å². The second-order valence-electron chi connectivity index (χ2n) is 5.49. The van der Waals surface area contributed by atoms with Crippen molar-refractivity contribution < 1.29 is 8.42 Å². The number of aromatic nitrogens is 1. The number of sulfonamides is 1. The summed E-state index contributed by atoms with van der Waals surface area (Å²) in [7, 11) is -1.61. The summed E-state index contributed by atoms with van der Waals surface area (Å²) in [4.78, 5) is 3.27. The molecule has 0 amide bonds. The van der Waals surface area contributed by atoms with Gasteiger partial charge in [-0.25, -0.2) is 13.1 Å². The molecule has 6 heteroatoms. The second-order valence-corrected chi connectivity index (χ2v) is 7.17. The summed E-state index contributed by atoms with van der Waals surface area (Å²) in [5, 5.41) is 2.98. The van der Waals surface area contributed by atoms with Gasteiger partial charge in [0, 0.05) is 24.0 Å². The second kappa shape index (κ2) is 4.68. The van der Waals surface area contributed by atoms with E-state index in [0.717, 1.165) is 18.5 Å². The van der Waals surface area contributed by atoms with Gasteiger partial charge in [0.2, 0.25) is 10.0 Å². The van der Waals surface area contributed by atoms with E-state index >= 15 is 0 Å². The quantitative estimate of drug-likeness (QED) is 0.728. The molecule has 3 N–H and O–H groups in total. The largest absolute Gasteiger partial charge is 0.363 e. The van der Waals surface area contributed by atoms with E-state index in [4.69, 9.17) is 0 Å². The van der Waals surface area contributed by atoms with Gasteiger partial charge in [-0.1, -0.05) is 0 Å². The molecule has 1 aromatic rings. The minimum atomic E-state index is -3.43. The lowest BCUT2D eigenvalue weighted by molar-refractivity contribution is 0.400. The van der Waals surface area contributed by atoms with Crippen LogP contribution in [0.25, 0.3) is 0 Å². The molecule has 0 aromatic carbocycles. The molecule has 1 aliphatic carbocycles. The van der Waals surface area contributed by atoms with Crippen LogP contribution in [0.2, 0.25) is 0 Å². The van der Waals surface area contributed by atoms with E-state index in [1.165, 1.54) is 6.20 Å². The Kier molecular flexibility index (Phi) is 3.53. The standard InChI is InChI=1S/C12H21N3O2S/c1-12(2,9-4-5-9)15-18(16,17)11-6-10(7-13-3)14-8-11/h6,8-9,13-15H,4-5,7H2,1-3H3. The third-order valence-corrected chi connectivity index (χ3v) is 5.04. The summed E-state index contributed by atoms with van der Waals surface area (Å²) in [6, 6.07) is 1.67. The van der Waals surface area contributed by atoms with E-state index in [2.05, 4.69) is 15.0 Å². The van der Waals surface area contributed by atoms with E-state index < -0.39 is 10.0 Å². The van der Waals surface area contributed by atoms with Crippen molar-refractivity contribution in [2.24, 2.45) is 5.92 Å².